The van der Waals surface area contributed by atoms with Crippen molar-refractivity contribution in [3.8, 4) is 6.07 Å². The van der Waals surface area contributed by atoms with Crippen LogP contribution in [0, 0.1) is 23.2 Å². The van der Waals surface area contributed by atoms with E-state index >= 15 is 0 Å². The minimum atomic E-state index is 0.443. The number of nitriles is 1. The average Bonchev–Trinajstić information content (AvgIpc) is 2.83. The summed E-state index contributed by atoms with van der Waals surface area (Å²) in [5.74, 6) is 2.08. The Kier molecular flexibility index (Phi) is 10.7. The molecule has 0 radical (unpaired) electrons. The van der Waals surface area contributed by atoms with Crippen LogP contribution >= 0.6 is 0 Å². The summed E-state index contributed by atoms with van der Waals surface area (Å²) < 4.78 is 6.30. The third-order valence-electron chi connectivity index (χ3n) is 7.60. The van der Waals surface area contributed by atoms with E-state index < -0.39 is 0 Å². The van der Waals surface area contributed by atoms with E-state index in [2.05, 4.69) is 43.3 Å². The van der Waals surface area contributed by atoms with Gasteiger partial charge in [0.25, 0.3) is 0 Å². The topological polar surface area (TPSA) is 33.0 Å². The fourth-order valence-electron chi connectivity index (χ4n) is 5.45. The third kappa shape index (κ3) is 8.46. The van der Waals surface area contributed by atoms with E-state index in [4.69, 9.17) is 10.00 Å². The highest BCUT2D eigenvalue weighted by atomic mass is 16.5. The minimum Gasteiger partial charge on any atom is -0.378 e. The van der Waals surface area contributed by atoms with Crippen LogP contribution < -0.4 is 0 Å². The monoisotopic (exact) mass is 421 g/mol. The van der Waals surface area contributed by atoms with Crippen LogP contribution in [0.5, 0.6) is 0 Å². The molecule has 1 aromatic rings. The molecular formula is C29H43NO. The van der Waals surface area contributed by atoms with Gasteiger partial charge in [-0.05, 0) is 93.1 Å². The molecule has 31 heavy (non-hydrogen) atoms. The maximum absolute atomic E-state index is 8.67. The van der Waals surface area contributed by atoms with E-state index in [0.29, 0.717) is 12.0 Å². The van der Waals surface area contributed by atoms with Crippen LogP contribution in [0.25, 0.3) is 0 Å². The van der Waals surface area contributed by atoms with E-state index in [0.717, 1.165) is 31.3 Å². The molecule has 2 heteroatoms. The van der Waals surface area contributed by atoms with Gasteiger partial charge in [-0.15, -0.1) is 0 Å². The average molecular weight is 422 g/mol. The summed E-state index contributed by atoms with van der Waals surface area (Å²) in [5.41, 5.74) is 3.07. The molecule has 2 aliphatic rings. The number of benzene rings is 1. The molecular weight excluding hydrogens is 378 g/mol. The summed E-state index contributed by atoms with van der Waals surface area (Å²) in [5, 5.41) is 8.67. The van der Waals surface area contributed by atoms with Gasteiger partial charge in [0.15, 0.2) is 0 Å². The fourth-order valence-corrected chi connectivity index (χ4v) is 5.45. The van der Waals surface area contributed by atoms with Crippen molar-refractivity contribution in [1.82, 2.24) is 0 Å². The van der Waals surface area contributed by atoms with Crippen LogP contribution in [-0.4, -0.2) is 12.7 Å². The summed E-state index contributed by atoms with van der Waals surface area (Å²) in [6.45, 7) is 3.23. The summed E-state index contributed by atoms with van der Waals surface area (Å²) >= 11 is 0. The number of allylic oxidation sites excluding steroid dienone is 2. The zero-order valence-electron chi connectivity index (χ0n) is 19.7. The first-order chi connectivity index (χ1) is 15.3. The lowest BCUT2D eigenvalue weighted by molar-refractivity contribution is -0.00456. The second-order valence-corrected chi connectivity index (χ2v) is 9.98. The molecule has 0 N–H and O–H groups in total. The molecule has 0 amide bonds. The smallest absolute Gasteiger partial charge is 0.0908 e. The molecule has 2 nitrogen and oxygen atoms in total. The Bertz CT molecular complexity index is 670. The van der Waals surface area contributed by atoms with Crippen LogP contribution in [0.4, 0.5) is 0 Å². The van der Waals surface area contributed by atoms with Crippen LogP contribution in [-0.2, 0) is 11.2 Å². The van der Waals surface area contributed by atoms with Crippen LogP contribution in [0.3, 0.4) is 0 Å². The molecule has 0 bridgehead atoms. The number of aryl methyl sites for hydroxylation is 1. The van der Waals surface area contributed by atoms with Crippen LogP contribution in [0.1, 0.15) is 107 Å². The second-order valence-electron chi connectivity index (χ2n) is 9.98. The predicted octanol–water partition coefficient (Wildman–Crippen LogP) is 8.13. The predicted molar refractivity (Wildman–Crippen MR) is 130 cm³/mol. The van der Waals surface area contributed by atoms with E-state index in [1.54, 1.807) is 11.6 Å². The zero-order chi connectivity index (χ0) is 21.7. The molecule has 0 unspecified atom stereocenters. The summed E-state index contributed by atoms with van der Waals surface area (Å²) in [6.07, 6.45) is 22.1. The molecule has 0 spiro atoms. The Labute approximate surface area is 191 Å². The molecule has 3 rings (SSSR count). The van der Waals surface area contributed by atoms with Gasteiger partial charge in [-0.2, -0.15) is 5.26 Å². The van der Waals surface area contributed by atoms with E-state index in [1.165, 1.54) is 82.6 Å². The first kappa shape index (κ1) is 24.1. The van der Waals surface area contributed by atoms with E-state index in [-0.39, 0.29) is 0 Å². The fraction of sp³-hybridized carbons (Fsp3) is 0.690. The van der Waals surface area contributed by atoms with Crippen molar-refractivity contribution in [2.45, 2.75) is 109 Å². The molecule has 170 valence electrons. The van der Waals surface area contributed by atoms with Gasteiger partial charge < -0.3 is 4.74 Å². The highest BCUT2D eigenvalue weighted by Gasteiger charge is 2.25. The quantitative estimate of drug-likeness (QED) is 0.267. The van der Waals surface area contributed by atoms with Crippen molar-refractivity contribution >= 4 is 0 Å². The maximum atomic E-state index is 8.67. The van der Waals surface area contributed by atoms with E-state index in [9.17, 15) is 0 Å². The first-order valence-corrected chi connectivity index (χ1v) is 13.0. The van der Waals surface area contributed by atoms with Crippen LogP contribution in [0.15, 0.2) is 36.4 Å². The number of nitrogens with zero attached hydrogens (tertiary/aromatic N) is 1. The van der Waals surface area contributed by atoms with Crippen molar-refractivity contribution < 1.29 is 4.74 Å². The number of ether oxygens (including phenoxy) is 1. The number of unbranched alkanes of at least 4 members (excludes halogenated alkanes) is 4. The SMILES string of the molecule is CCCCCCCc1ccc(C2CCC(COC3CCC(C=CC#N)CC3)CC2)cc1. The molecule has 0 aliphatic heterocycles. The Morgan fingerprint density at radius 3 is 2.29 bits per heavy atom. The van der Waals surface area contributed by atoms with Crippen molar-refractivity contribution in [1.29, 1.82) is 5.26 Å². The van der Waals surface area contributed by atoms with Crippen molar-refractivity contribution in [3.05, 3.63) is 47.5 Å². The molecule has 0 atom stereocenters. The van der Waals surface area contributed by atoms with Gasteiger partial charge in [-0.3, -0.25) is 0 Å². The van der Waals surface area contributed by atoms with Crippen molar-refractivity contribution in [2.75, 3.05) is 6.61 Å². The van der Waals surface area contributed by atoms with Crippen molar-refractivity contribution in [2.24, 2.45) is 11.8 Å². The Morgan fingerprint density at radius 2 is 1.61 bits per heavy atom. The van der Waals surface area contributed by atoms with Gasteiger partial charge >= 0.3 is 0 Å². The van der Waals surface area contributed by atoms with E-state index in [1.807, 2.05) is 0 Å². The zero-order valence-corrected chi connectivity index (χ0v) is 19.7. The molecule has 2 saturated carbocycles. The number of rotatable bonds is 11. The minimum absolute atomic E-state index is 0.443. The summed E-state index contributed by atoms with van der Waals surface area (Å²) in [4.78, 5) is 0. The lowest BCUT2D eigenvalue weighted by Crippen LogP contribution is -2.25. The first-order valence-electron chi connectivity index (χ1n) is 13.0. The molecule has 2 fully saturated rings. The Balaban J connectivity index is 1.31. The summed E-state index contributed by atoms with van der Waals surface area (Å²) in [7, 11) is 0. The number of hydrogen-bond acceptors (Lipinski definition) is 2. The Morgan fingerprint density at radius 1 is 0.903 bits per heavy atom. The maximum Gasteiger partial charge on any atom is 0.0908 e. The normalized spacial score (nSPS) is 26.7. The standard InChI is InChI=1S/C29H43NO/c1-2-3-4-5-6-8-24-10-16-27(17-11-24)28-18-12-26(13-19-28)23-31-29-20-14-25(15-21-29)9-7-22-30/h7,9-11,16-17,25-26,28-29H,2-6,8,12-15,18-21,23H2,1H3. The molecule has 1 aromatic carbocycles. The van der Waals surface area contributed by atoms with Gasteiger partial charge in [-0.25, -0.2) is 0 Å². The molecule has 0 saturated heterocycles. The lowest BCUT2D eigenvalue weighted by atomic mass is 9.78. The number of hydrogen-bond donors (Lipinski definition) is 0. The third-order valence-corrected chi connectivity index (χ3v) is 7.60. The van der Waals surface area contributed by atoms with Gasteiger partial charge in [-0.1, -0.05) is 62.9 Å². The second kappa shape index (κ2) is 13.7. The molecule has 0 heterocycles. The lowest BCUT2D eigenvalue weighted by Gasteiger charge is -2.32. The van der Waals surface area contributed by atoms with Crippen LogP contribution in [0.2, 0.25) is 0 Å². The van der Waals surface area contributed by atoms with Gasteiger partial charge in [0.2, 0.25) is 0 Å². The van der Waals surface area contributed by atoms with Gasteiger partial charge in [0, 0.05) is 12.7 Å². The highest BCUT2D eigenvalue weighted by molar-refractivity contribution is 5.26. The van der Waals surface area contributed by atoms with Gasteiger partial charge in [0.05, 0.1) is 12.2 Å². The molecule has 0 aromatic heterocycles. The van der Waals surface area contributed by atoms with Gasteiger partial charge in [0.1, 0.15) is 0 Å². The Hall–Kier alpha value is -1.59. The highest BCUT2D eigenvalue weighted by Crippen LogP contribution is 2.37. The molecule has 2 aliphatic carbocycles. The largest absolute Gasteiger partial charge is 0.378 e. The summed E-state index contributed by atoms with van der Waals surface area (Å²) in [6, 6.07) is 11.7. The van der Waals surface area contributed by atoms with Crippen molar-refractivity contribution in [3.63, 3.8) is 0 Å².